The second-order valence-corrected chi connectivity index (χ2v) is 5.77. The third-order valence-electron chi connectivity index (χ3n) is 3.69. The SMILES string of the molecule is Cc1cc(C(=O)NC2CCOC2)c2cnn(C(C)C)c2n1. The summed E-state index contributed by atoms with van der Waals surface area (Å²) in [6, 6.07) is 2.12. The lowest BCUT2D eigenvalue weighted by atomic mass is 10.1. The van der Waals surface area contributed by atoms with E-state index < -0.39 is 0 Å². The molecule has 0 radical (unpaired) electrons. The van der Waals surface area contributed by atoms with Crippen molar-refractivity contribution in [1.29, 1.82) is 0 Å². The van der Waals surface area contributed by atoms with Gasteiger partial charge in [-0.3, -0.25) is 4.79 Å². The first-order valence-corrected chi connectivity index (χ1v) is 7.29. The van der Waals surface area contributed by atoms with E-state index in [2.05, 4.69) is 15.4 Å². The summed E-state index contributed by atoms with van der Waals surface area (Å²) in [4.78, 5) is 17.0. The van der Waals surface area contributed by atoms with E-state index in [1.54, 1.807) is 6.20 Å². The van der Waals surface area contributed by atoms with Gasteiger partial charge in [-0.05, 0) is 33.3 Å². The summed E-state index contributed by atoms with van der Waals surface area (Å²) in [5, 5.41) is 8.18. The number of ether oxygens (including phenoxy) is 1. The summed E-state index contributed by atoms with van der Waals surface area (Å²) >= 11 is 0. The molecule has 21 heavy (non-hydrogen) atoms. The molecule has 1 atom stereocenters. The molecular weight excluding hydrogens is 268 g/mol. The van der Waals surface area contributed by atoms with Crippen LogP contribution < -0.4 is 5.32 Å². The van der Waals surface area contributed by atoms with Crippen molar-refractivity contribution in [2.24, 2.45) is 0 Å². The van der Waals surface area contributed by atoms with Crippen LogP contribution >= 0.6 is 0 Å². The van der Waals surface area contributed by atoms with Gasteiger partial charge >= 0.3 is 0 Å². The van der Waals surface area contributed by atoms with Crippen molar-refractivity contribution in [2.75, 3.05) is 13.2 Å². The first kappa shape index (κ1) is 14.0. The molecule has 3 rings (SSSR count). The summed E-state index contributed by atoms with van der Waals surface area (Å²) in [5.74, 6) is -0.0793. The van der Waals surface area contributed by atoms with Crippen LogP contribution in [-0.2, 0) is 4.74 Å². The molecule has 1 N–H and O–H groups in total. The van der Waals surface area contributed by atoms with Crippen LogP contribution in [0, 0.1) is 6.92 Å². The number of nitrogens with zero attached hydrogens (tertiary/aromatic N) is 3. The van der Waals surface area contributed by atoms with Gasteiger partial charge in [0.2, 0.25) is 0 Å². The first-order chi connectivity index (χ1) is 10.1. The molecule has 1 amide bonds. The third kappa shape index (κ3) is 2.63. The maximum Gasteiger partial charge on any atom is 0.252 e. The van der Waals surface area contributed by atoms with Gasteiger partial charge in [-0.1, -0.05) is 0 Å². The Morgan fingerprint density at radius 3 is 3.00 bits per heavy atom. The number of aryl methyl sites for hydroxylation is 1. The number of rotatable bonds is 3. The summed E-state index contributed by atoms with van der Waals surface area (Å²) in [6.45, 7) is 7.29. The molecule has 1 aliphatic rings. The number of aromatic nitrogens is 3. The zero-order valence-corrected chi connectivity index (χ0v) is 12.6. The largest absolute Gasteiger partial charge is 0.379 e. The van der Waals surface area contributed by atoms with E-state index in [0.717, 1.165) is 23.1 Å². The molecule has 1 unspecified atom stereocenters. The summed E-state index contributed by atoms with van der Waals surface area (Å²) in [7, 11) is 0. The Morgan fingerprint density at radius 1 is 1.52 bits per heavy atom. The smallest absolute Gasteiger partial charge is 0.252 e. The van der Waals surface area contributed by atoms with E-state index in [9.17, 15) is 4.79 Å². The molecule has 0 spiro atoms. The fourth-order valence-corrected chi connectivity index (χ4v) is 2.62. The van der Waals surface area contributed by atoms with Gasteiger partial charge in [0.15, 0.2) is 5.65 Å². The molecular formula is C15H20N4O2. The quantitative estimate of drug-likeness (QED) is 0.935. The van der Waals surface area contributed by atoms with Crippen LogP contribution in [0.3, 0.4) is 0 Å². The van der Waals surface area contributed by atoms with Crippen molar-refractivity contribution in [1.82, 2.24) is 20.1 Å². The zero-order chi connectivity index (χ0) is 15.0. The number of hydrogen-bond acceptors (Lipinski definition) is 4. The highest BCUT2D eigenvalue weighted by Crippen LogP contribution is 2.21. The van der Waals surface area contributed by atoms with Crippen LogP contribution in [0.1, 0.15) is 42.4 Å². The summed E-state index contributed by atoms with van der Waals surface area (Å²) in [6.07, 6.45) is 2.59. The fraction of sp³-hybridized carbons (Fsp3) is 0.533. The Balaban J connectivity index is 1.99. The highest BCUT2D eigenvalue weighted by Gasteiger charge is 2.21. The van der Waals surface area contributed by atoms with E-state index in [-0.39, 0.29) is 18.0 Å². The van der Waals surface area contributed by atoms with Crippen LogP contribution in [0.2, 0.25) is 0 Å². The van der Waals surface area contributed by atoms with E-state index >= 15 is 0 Å². The van der Waals surface area contributed by atoms with Crippen molar-refractivity contribution in [3.8, 4) is 0 Å². The molecule has 112 valence electrons. The summed E-state index contributed by atoms with van der Waals surface area (Å²) in [5.41, 5.74) is 2.21. The van der Waals surface area contributed by atoms with E-state index in [1.807, 2.05) is 31.5 Å². The van der Waals surface area contributed by atoms with Crippen molar-refractivity contribution in [2.45, 2.75) is 39.3 Å². The van der Waals surface area contributed by atoms with E-state index in [4.69, 9.17) is 4.74 Å². The highest BCUT2D eigenvalue weighted by atomic mass is 16.5. The molecule has 3 heterocycles. The molecule has 0 aromatic carbocycles. The Bertz CT molecular complexity index is 672. The van der Waals surface area contributed by atoms with Gasteiger partial charge < -0.3 is 10.1 Å². The van der Waals surface area contributed by atoms with Gasteiger partial charge in [-0.15, -0.1) is 0 Å². The van der Waals surface area contributed by atoms with Crippen molar-refractivity contribution in [3.63, 3.8) is 0 Å². The number of hydrogen-bond donors (Lipinski definition) is 1. The van der Waals surface area contributed by atoms with Crippen molar-refractivity contribution >= 4 is 16.9 Å². The second kappa shape index (κ2) is 5.44. The van der Waals surface area contributed by atoms with Gasteiger partial charge in [0.1, 0.15) is 0 Å². The monoisotopic (exact) mass is 288 g/mol. The molecule has 2 aromatic rings. The number of amides is 1. The normalized spacial score (nSPS) is 18.6. The van der Waals surface area contributed by atoms with Crippen LogP contribution in [0.15, 0.2) is 12.3 Å². The average molecular weight is 288 g/mol. The van der Waals surface area contributed by atoms with E-state index in [0.29, 0.717) is 18.8 Å². The van der Waals surface area contributed by atoms with E-state index in [1.165, 1.54) is 0 Å². The van der Waals surface area contributed by atoms with Crippen molar-refractivity contribution in [3.05, 3.63) is 23.5 Å². The predicted octanol–water partition coefficient (Wildman–Crippen LogP) is 1.84. The number of carbonyl (C=O) groups excluding carboxylic acids is 1. The Hall–Kier alpha value is -1.95. The average Bonchev–Trinajstić information content (AvgIpc) is 3.06. The van der Waals surface area contributed by atoms with Gasteiger partial charge in [-0.2, -0.15) is 5.10 Å². The number of pyridine rings is 1. The van der Waals surface area contributed by atoms with Crippen LogP contribution in [0.5, 0.6) is 0 Å². The lowest BCUT2D eigenvalue weighted by Gasteiger charge is -2.12. The molecule has 1 fully saturated rings. The molecule has 2 aromatic heterocycles. The first-order valence-electron chi connectivity index (χ1n) is 7.29. The minimum atomic E-state index is -0.0793. The van der Waals surface area contributed by atoms with Crippen LogP contribution in [0.4, 0.5) is 0 Å². The third-order valence-corrected chi connectivity index (χ3v) is 3.69. The van der Waals surface area contributed by atoms with Crippen LogP contribution in [-0.4, -0.2) is 39.9 Å². The second-order valence-electron chi connectivity index (χ2n) is 5.77. The number of fused-ring (bicyclic) bond motifs is 1. The maximum atomic E-state index is 12.5. The standard InChI is InChI=1S/C15H20N4O2/c1-9(2)19-14-13(7-16-19)12(6-10(3)17-14)15(20)18-11-4-5-21-8-11/h6-7,9,11H,4-5,8H2,1-3H3,(H,18,20). The molecule has 6 nitrogen and oxygen atoms in total. The molecule has 1 aliphatic heterocycles. The maximum absolute atomic E-state index is 12.5. The Morgan fingerprint density at radius 2 is 2.33 bits per heavy atom. The van der Waals surface area contributed by atoms with Gasteiger partial charge in [0.05, 0.1) is 29.8 Å². The number of carbonyl (C=O) groups is 1. The lowest BCUT2D eigenvalue weighted by Crippen LogP contribution is -2.35. The van der Waals surface area contributed by atoms with Gasteiger partial charge in [0, 0.05) is 18.3 Å². The lowest BCUT2D eigenvalue weighted by molar-refractivity contribution is 0.0931. The Labute approximate surface area is 123 Å². The van der Waals surface area contributed by atoms with Gasteiger partial charge in [-0.25, -0.2) is 9.67 Å². The minimum absolute atomic E-state index is 0.0793. The highest BCUT2D eigenvalue weighted by molar-refractivity contribution is 6.05. The number of nitrogens with one attached hydrogen (secondary N) is 1. The topological polar surface area (TPSA) is 69.0 Å². The minimum Gasteiger partial charge on any atom is -0.379 e. The Kier molecular flexibility index (Phi) is 3.63. The summed E-state index contributed by atoms with van der Waals surface area (Å²) < 4.78 is 7.14. The molecule has 1 saturated heterocycles. The van der Waals surface area contributed by atoms with Gasteiger partial charge in [0.25, 0.3) is 5.91 Å². The zero-order valence-electron chi connectivity index (χ0n) is 12.6. The molecule has 6 heteroatoms. The molecule has 0 saturated carbocycles. The molecule has 0 bridgehead atoms. The predicted molar refractivity (Wildman–Crippen MR) is 79.3 cm³/mol. The molecule has 0 aliphatic carbocycles. The van der Waals surface area contributed by atoms with Crippen LogP contribution in [0.25, 0.3) is 11.0 Å². The fourth-order valence-electron chi connectivity index (χ4n) is 2.62. The van der Waals surface area contributed by atoms with Crippen molar-refractivity contribution < 1.29 is 9.53 Å².